The summed E-state index contributed by atoms with van der Waals surface area (Å²) < 4.78 is 0. The number of benzene rings is 1. The van der Waals surface area contributed by atoms with Crippen molar-refractivity contribution in [2.45, 2.75) is 0 Å². The molecular formula is C12H7ClN2. The molecule has 0 aliphatic carbocycles. The molecule has 0 aliphatic heterocycles. The molecular weight excluding hydrogens is 208 g/mol. The standard InChI is InChI=1S/C12H7ClN2/c13-12-11(6-3-7-15-12)10-5-2-1-4-9(10)8-14/h1-7H. The van der Waals surface area contributed by atoms with Gasteiger partial charge in [-0.05, 0) is 18.2 Å². The van der Waals surface area contributed by atoms with E-state index in [9.17, 15) is 0 Å². The van der Waals surface area contributed by atoms with Crippen LogP contribution in [0.5, 0.6) is 0 Å². The van der Waals surface area contributed by atoms with E-state index < -0.39 is 0 Å². The summed E-state index contributed by atoms with van der Waals surface area (Å²) in [6.45, 7) is 0. The van der Waals surface area contributed by atoms with E-state index in [2.05, 4.69) is 11.1 Å². The lowest BCUT2D eigenvalue weighted by Gasteiger charge is -2.04. The van der Waals surface area contributed by atoms with Gasteiger partial charge in [0.15, 0.2) is 0 Å². The van der Waals surface area contributed by atoms with Crippen LogP contribution in [0.3, 0.4) is 0 Å². The van der Waals surface area contributed by atoms with E-state index >= 15 is 0 Å². The van der Waals surface area contributed by atoms with E-state index in [4.69, 9.17) is 16.9 Å². The predicted molar refractivity (Wildman–Crippen MR) is 59.4 cm³/mol. The average molecular weight is 215 g/mol. The van der Waals surface area contributed by atoms with Gasteiger partial charge in [0.25, 0.3) is 0 Å². The summed E-state index contributed by atoms with van der Waals surface area (Å²) in [4.78, 5) is 3.99. The van der Waals surface area contributed by atoms with Crippen LogP contribution in [0.15, 0.2) is 42.6 Å². The lowest BCUT2D eigenvalue weighted by Crippen LogP contribution is -1.86. The summed E-state index contributed by atoms with van der Waals surface area (Å²) >= 11 is 5.97. The van der Waals surface area contributed by atoms with Crippen molar-refractivity contribution >= 4 is 11.6 Å². The molecule has 2 rings (SSSR count). The second-order valence-corrected chi connectivity index (χ2v) is 3.36. The van der Waals surface area contributed by atoms with Crippen molar-refractivity contribution in [3.63, 3.8) is 0 Å². The van der Waals surface area contributed by atoms with Crippen LogP contribution < -0.4 is 0 Å². The van der Waals surface area contributed by atoms with Gasteiger partial charge in [0.2, 0.25) is 0 Å². The maximum Gasteiger partial charge on any atom is 0.136 e. The van der Waals surface area contributed by atoms with E-state index in [0.717, 1.165) is 11.1 Å². The second-order valence-electron chi connectivity index (χ2n) is 3.00. The van der Waals surface area contributed by atoms with Gasteiger partial charge in [0.05, 0.1) is 11.6 Å². The molecule has 1 aromatic carbocycles. The highest BCUT2D eigenvalue weighted by Crippen LogP contribution is 2.28. The van der Waals surface area contributed by atoms with Crippen LogP contribution in [-0.2, 0) is 0 Å². The van der Waals surface area contributed by atoms with Gasteiger partial charge in [0.1, 0.15) is 5.15 Å². The van der Waals surface area contributed by atoms with Crippen molar-refractivity contribution < 1.29 is 0 Å². The lowest BCUT2D eigenvalue weighted by atomic mass is 10.0. The Labute approximate surface area is 92.8 Å². The van der Waals surface area contributed by atoms with Crippen LogP contribution in [0.2, 0.25) is 5.15 Å². The lowest BCUT2D eigenvalue weighted by molar-refractivity contribution is 1.32. The summed E-state index contributed by atoms with van der Waals surface area (Å²) in [5, 5.41) is 9.37. The van der Waals surface area contributed by atoms with Crippen molar-refractivity contribution in [3.8, 4) is 17.2 Å². The Balaban J connectivity index is 2.65. The van der Waals surface area contributed by atoms with Gasteiger partial charge in [-0.3, -0.25) is 0 Å². The molecule has 0 fully saturated rings. The first-order valence-corrected chi connectivity index (χ1v) is 4.81. The smallest absolute Gasteiger partial charge is 0.136 e. The van der Waals surface area contributed by atoms with Crippen molar-refractivity contribution in [1.82, 2.24) is 4.98 Å². The van der Waals surface area contributed by atoms with E-state index in [1.165, 1.54) is 0 Å². The monoisotopic (exact) mass is 214 g/mol. The largest absolute Gasteiger partial charge is 0.244 e. The quantitative estimate of drug-likeness (QED) is 0.683. The van der Waals surface area contributed by atoms with Gasteiger partial charge in [-0.2, -0.15) is 5.26 Å². The molecule has 0 radical (unpaired) electrons. The van der Waals surface area contributed by atoms with Crippen LogP contribution in [0, 0.1) is 11.3 Å². The second kappa shape index (κ2) is 4.12. The molecule has 0 N–H and O–H groups in total. The van der Waals surface area contributed by atoms with Gasteiger partial charge in [-0.25, -0.2) is 4.98 Å². The third-order valence-electron chi connectivity index (χ3n) is 2.10. The Kier molecular flexibility index (Phi) is 2.66. The number of aromatic nitrogens is 1. The molecule has 0 unspecified atom stereocenters. The highest BCUT2D eigenvalue weighted by molar-refractivity contribution is 6.32. The number of hydrogen-bond acceptors (Lipinski definition) is 2. The highest BCUT2D eigenvalue weighted by Gasteiger charge is 2.07. The Morgan fingerprint density at radius 2 is 1.80 bits per heavy atom. The Bertz CT molecular complexity index is 529. The zero-order chi connectivity index (χ0) is 10.7. The number of nitrogens with zero attached hydrogens (tertiary/aromatic N) is 2. The van der Waals surface area contributed by atoms with Crippen molar-refractivity contribution in [2.24, 2.45) is 0 Å². The van der Waals surface area contributed by atoms with Gasteiger partial charge in [-0.1, -0.05) is 29.8 Å². The molecule has 0 aliphatic rings. The van der Waals surface area contributed by atoms with Crippen LogP contribution in [0.25, 0.3) is 11.1 Å². The van der Waals surface area contributed by atoms with E-state index in [1.54, 1.807) is 18.3 Å². The Hall–Kier alpha value is -1.85. The van der Waals surface area contributed by atoms with Crippen LogP contribution in [0.4, 0.5) is 0 Å². The number of hydrogen-bond donors (Lipinski definition) is 0. The molecule has 0 atom stereocenters. The number of halogens is 1. The summed E-state index contributed by atoms with van der Waals surface area (Å²) in [6, 6.07) is 13.1. The fourth-order valence-corrected chi connectivity index (χ4v) is 1.62. The minimum atomic E-state index is 0.417. The minimum Gasteiger partial charge on any atom is -0.244 e. The fourth-order valence-electron chi connectivity index (χ4n) is 1.40. The summed E-state index contributed by atoms with van der Waals surface area (Å²) in [7, 11) is 0. The Morgan fingerprint density at radius 1 is 1.07 bits per heavy atom. The van der Waals surface area contributed by atoms with Crippen LogP contribution in [0.1, 0.15) is 5.56 Å². The maximum atomic E-state index is 8.96. The van der Waals surface area contributed by atoms with Gasteiger partial charge in [0, 0.05) is 17.3 Å². The molecule has 0 amide bonds. The maximum absolute atomic E-state index is 8.96. The van der Waals surface area contributed by atoms with Crippen molar-refractivity contribution in [1.29, 1.82) is 5.26 Å². The molecule has 15 heavy (non-hydrogen) atoms. The molecule has 3 heteroatoms. The van der Waals surface area contributed by atoms with Crippen molar-refractivity contribution in [3.05, 3.63) is 53.3 Å². The first kappa shape index (κ1) is 9.70. The highest BCUT2D eigenvalue weighted by atomic mass is 35.5. The third-order valence-corrected chi connectivity index (χ3v) is 2.40. The van der Waals surface area contributed by atoms with Crippen molar-refractivity contribution in [2.75, 3.05) is 0 Å². The summed E-state index contributed by atoms with van der Waals surface area (Å²) in [6.07, 6.45) is 1.63. The molecule has 1 aromatic heterocycles. The SMILES string of the molecule is N#Cc1ccccc1-c1cccnc1Cl. The van der Waals surface area contributed by atoms with E-state index in [0.29, 0.717) is 10.7 Å². The number of rotatable bonds is 1. The third kappa shape index (κ3) is 1.83. The molecule has 2 aromatic rings. The topological polar surface area (TPSA) is 36.7 Å². The normalized spacial score (nSPS) is 9.60. The average Bonchev–Trinajstić information content (AvgIpc) is 2.30. The van der Waals surface area contributed by atoms with Gasteiger partial charge >= 0.3 is 0 Å². The van der Waals surface area contributed by atoms with E-state index in [1.807, 2.05) is 24.3 Å². The summed E-state index contributed by atoms with van der Waals surface area (Å²) in [5.74, 6) is 0. The first-order valence-electron chi connectivity index (χ1n) is 4.43. The zero-order valence-corrected chi connectivity index (χ0v) is 8.57. The zero-order valence-electron chi connectivity index (χ0n) is 7.81. The van der Waals surface area contributed by atoms with Crippen LogP contribution in [-0.4, -0.2) is 4.98 Å². The molecule has 0 saturated heterocycles. The first-order chi connectivity index (χ1) is 7.33. The number of pyridine rings is 1. The summed E-state index contributed by atoms with van der Waals surface area (Å²) in [5.41, 5.74) is 2.21. The fraction of sp³-hybridized carbons (Fsp3) is 0. The molecule has 72 valence electrons. The van der Waals surface area contributed by atoms with E-state index in [-0.39, 0.29) is 0 Å². The van der Waals surface area contributed by atoms with Crippen LogP contribution >= 0.6 is 11.6 Å². The van der Waals surface area contributed by atoms with Gasteiger partial charge < -0.3 is 0 Å². The minimum absolute atomic E-state index is 0.417. The van der Waals surface area contributed by atoms with Gasteiger partial charge in [-0.15, -0.1) is 0 Å². The molecule has 2 nitrogen and oxygen atoms in total. The Morgan fingerprint density at radius 3 is 2.53 bits per heavy atom. The molecule has 0 bridgehead atoms. The molecule has 1 heterocycles. The number of nitriles is 1. The molecule has 0 spiro atoms. The molecule has 0 saturated carbocycles. The predicted octanol–water partition coefficient (Wildman–Crippen LogP) is 3.27.